The summed E-state index contributed by atoms with van der Waals surface area (Å²) in [6.45, 7) is 2.84. The highest BCUT2D eigenvalue weighted by atomic mass is 35.5. The molecule has 2 aromatic rings. The van der Waals surface area contributed by atoms with E-state index in [9.17, 15) is 18.5 Å². The number of alkyl halides is 2. The van der Waals surface area contributed by atoms with Gasteiger partial charge in [-0.3, -0.25) is 14.4 Å². The Morgan fingerprint density at radius 2 is 1.45 bits per heavy atom. The Balaban J connectivity index is 2.22. The number of hydrogen-bond donors (Lipinski definition) is 0. The summed E-state index contributed by atoms with van der Waals surface area (Å²) in [5.41, 5.74) is 1.82. The summed E-state index contributed by atoms with van der Waals surface area (Å²) in [6.07, 6.45) is 0. The molecule has 0 aliphatic heterocycles. The van der Waals surface area contributed by atoms with Gasteiger partial charge in [-0.25, -0.2) is 8.42 Å². The fraction of sp³-hybridized carbons (Fsp3) is 0.368. The molecule has 158 valence electrons. The van der Waals surface area contributed by atoms with Gasteiger partial charge in [-0.1, -0.05) is 12.1 Å². The molecule has 0 fully saturated rings. The van der Waals surface area contributed by atoms with E-state index in [2.05, 4.69) is 0 Å². The number of hydrogen-bond acceptors (Lipinski definition) is 5. The molecule has 0 bridgehead atoms. The number of non-ortho nitro benzene ring substituents is 1. The van der Waals surface area contributed by atoms with Crippen LogP contribution >= 0.6 is 23.2 Å². The first-order valence-electron chi connectivity index (χ1n) is 8.91. The molecule has 0 aliphatic carbocycles. The van der Waals surface area contributed by atoms with E-state index in [-0.39, 0.29) is 5.69 Å². The zero-order chi connectivity index (χ0) is 21.6. The summed E-state index contributed by atoms with van der Waals surface area (Å²) >= 11 is 11.7. The van der Waals surface area contributed by atoms with Crippen LogP contribution in [0.1, 0.15) is 17.7 Å². The Hall–Kier alpha value is -2.03. The molecule has 0 saturated heterocycles. The lowest BCUT2D eigenvalue weighted by molar-refractivity contribution is -0.384. The average Bonchev–Trinajstić information content (AvgIpc) is 2.72. The average molecular weight is 460 g/mol. The largest absolute Gasteiger partial charge is 0.369 e. The third-order valence-electron chi connectivity index (χ3n) is 4.69. The molecule has 1 unspecified atom stereocenters. The van der Waals surface area contributed by atoms with Crippen LogP contribution in [0.4, 0.5) is 17.1 Å². The fourth-order valence-corrected chi connectivity index (χ4v) is 4.67. The molecule has 0 amide bonds. The van der Waals surface area contributed by atoms with Gasteiger partial charge >= 0.3 is 0 Å². The number of nitrogens with zero attached hydrogens (tertiary/aromatic N) is 3. The number of rotatable bonds is 10. The lowest BCUT2D eigenvalue weighted by atomic mass is 10.1. The topological polar surface area (TPSA) is 83.8 Å². The molecule has 0 aliphatic rings. The summed E-state index contributed by atoms with van der Waals surface area (Å²) in [6, 6.07) is 12.7. The Morgan fingerprint density at radius 3 is 1.90 bits per heavy atom. The van der Waals surface area contributed by atoms with E-state index in [1.807, 2.05) is 17.0 Å². The van der Waals surface area contributed by atoms with E-state index in [0.717, 1.165) is 5.69 Å². The third-order valence-corrected chi connectivity index (χ3v) is 7.17. The molecule has 2 rings (SSSR count). The highest BCUT2D eigenvalue weighted by Crippen LogP contribution is 2.30. The maximum absolute atomic E-state index is 13.0. The molecule has 0 N–H and O–H groups in total. The van der Waals surface area contributed by atoms with E-state index in [1.165, 1.54) is 35.6 Å². The van der Waals surface area contributed by atoms with Crippen LogP contribution in [0.3, 0.4) is 0 Å². The van der Waals surface area contributed by atoms with Crippen molar-refractivity contribution in [2.24, 2.45) is 0 Å². The van der Waals surface area contributed by atoms with Crippen LogP contribution in [-0.2, 0) is 10.0 Å². The van der Waals surface area contributed by atoms with E-state index >= 15 is 0 Å². The van der Waals surface area contributed by atoms with Gasteiger partial charge in [0, 0.05) is 49.7 Å². The van der Waals surface area contributed by atoms with Crippen molar-refractivity contribution in [3.63, 3.8) is 0 Å². The molecule has 0 spiro atoms. The van der Waals surface area contributed by atoms with Crippen molar-refractivity contribution in [1.29, 1.82) is 0 Å². The minimum atomic E-state index is -3.72. The molecular weight excluding hydrogens is 437 g/mol. The lowest BCUT2D eigenvalue weighted by Crippen LogP contribution is -2.31. The van der Waals surface area contributed by atoms with Crippen LogP contribution in [0.15, 0.2) is 48.5 Å². The number of nitro groups is 1. The predicted molar refractivity (Wildman–Crippen MR) is 119 cm³/mol. The second-order valence-electron chi connectivity index (χ2n) is 6.38. The van der Waals surface area contributed by atoms with Crippen molar-refractivity contribution in [2.45, 2.75) is 12.2 Å². The van der Waals surface area contributed by atoms with Crippen LogP contribution in [0.5, 0.6) is 0 Å². The Kier molecular flexibility index (Phi) is 8.13. The van der Waals surface area contributed by atoms with E-state index in [1.54, 1.807) is 19.1 Å². The van der Waals surface area contributed by atoms with Gasteiger partial charge < -0.3 is 4.90 Å². The fourth-order valence-electron chi connectivity index (χ4n) is 2.87. The Labute approximate surface area is 181 Å². The second-order valence-corrected chi connectivity index (χ2v) is 9.43. The Morgan fingerprint density at radius 1 is 0.966 bits per heavy atom. The first-order valence-corrected chi connectivity index (χ1v) is 11.5. The molecule has 0 saturated carbocycles. The SMILES string of the molecule is CC(c1ccc([N+](=O)[O-])cc1)S(=O)(=O)N(C)c1ccc(N(CCCl)CCCl)cc1. The summed E-state index contributed by atoms with van der Waals surface area (Å²) in [5, 5.41) is 9.93. The van der Waals surface area contributed by atoms with Crippen LogP contribution in [0.2, 0.25) is 0 Å². The zero-order valence-corrected chi connectivity index (χ0v) is 18.5. The number of halogens is 2. The quantitative estimate of drug-likeness (QED) is 0.298. The molecule has 0 aromatic heterocycles. The van der Waals surface area contributed by atoms with Crippen molar-refractivity contribution in [1.82, 2.24) is 0 Å². The smallest absolute Gasteiger partial charge is 0.269 e. The molecule has 1 atom stereocenters. The first kappa shape index (κ1) is 23.3. The van der Waals surface area contributed by atoms with Gasteiger partial charge in [0.15, 0.2) is 0 Å². The van der Waals surface area contributed by atoms with Gasteiger partial charge in [0.2, 0.25) is 10.0 Å². The van der Waals surface area contributed by atoms with Crippen molar-refractivity contribution in [3.05, 3.63) is 64.2 Å². The summed E-state index contributed by atoms with van der Waals surface area (Å²) in [4.78, 5) is 12.3. The van der Waals surface area contributed by atoms with Crippen LogP contribution < -0.4 is 9.21 Å². The summed E-state index contributed by atoms with van der Waals surface area (Å²) in [5.74, 6) is 0.916. The Bertz CT molecular complexity index is 915. The van der Waals surface area contributed by atoms with Gasteiger partial charge in [0.05, 0.1) is 10.6 Å². The number of benzene rings is 2. The lowest BCUT2D eigenvalue weighted by Gasteiger charge is -2.26. The van der Waals surface area contributed by atoms with Crippen molar-refractivity contribution in [3.8, 4) is 0 Å². The molecule has 0 radical (unpaired) electrons. The van der Waals surface area contributed by atoms with Gasteiger partial charge in [-0.2, -0.15) is 0 Å². The molecule has 2 aromatic carbocycles. The molecular formula is C19H23Cl2N3O4S. The van der Waals surface area contributed by atoms with E-state index in [0.29, 0.717) is 36.1 Å². The number of anilines is 2. The number of sulfonamides is 1. The van der Waals surface area contributed by atoms with E-state index < -0.39 is 20.2 Å². The van der Waals surface area contributed by atoms with Crippen molar-refractivity contribution in [2.75, 3.05) is 41.1 Å². The predicted octanol–water partition coefficient (Wildman–Crippen LogP) is 4.41. The maximum Gasteiger partial charge on any atom is 0.269 e. The van der Waals surface area contributed by atoms with Gasteiger partial charge in [0.1, 0.15) is 5.25 Å². The van der Waals surface area contributed by atoms with E-state index in [4.69, 9.17) is 23.2 Å². The zero-order valence-electron chi connectivity index (χ0n) is 16.2. The van der Waals surface area contributed by atoms with Crippen LogP contribution in [0, 0.1) is 10.1 Å². The highest BCUT2D eigenvalue weighted by molar-refractivity contribution is 7.93. The third kappa shape index (κ3) is 5.52. The van der Waals surface area contributed by atoms with Crippen molar-refractivity contribution < 1.29 is 13.3 Å². The minimum absolute atomic E-state index is 0.0827. The normalized spacial score (nSPS) is 12.4. The summed E-state index contributed by atoms with van der Waals surface area (Å²) in [7, 11) is -2.24. The van der Waals surface area contributed by atoms with Gasteiger partial charge in [-0.05, 0) is 36.8 Å². The van der Waals surface area contributed by atoms with Gasteiger partial charge in [-0.15, -0.1) is 23.2 Å². The van der Waals surface area contributed by atoms with Crippen LogP contribution in [0.25, 0.3) is 0 Å². The monoisotopic (exact) mass is 459 g/mol. The molecule has 0 heterocycles. The van der Waals surface area contributed by atoms with Gasteiger partial charge in [0.25, 0.3) is 5.69 Å². The van der Waals surface area contributed by atoms with Crippen LogP contribution in [-0.4, -0.2) is 45.2 Å². The van der Waals surface area contributed by atoms with Crippen molar-refractivity contribution >= 4 is 50.3 Å². The number of nitro benzene ring substituents is 1. The molecule has 10 heteroatoms. The maximum atomic E-state index is 13.0. The second kappa shape index (κ2) is 10.1. The highest BCUT2D eigenvalue weighted by Gasteiger charge is 2.28. The first-order chi connectivity index (χ1) is 13.7. The molecule has 29 heavy (non-hydrogen) atoms. The standard InChI is InChI=1S/C19H23Cl2N3O4S/c1-15(16-3-5-19(6-4-16)24(25)26)29(27,28)22(2)17-7-9-18(10-8-17)23(13-11-20)14-12-21/h3-10,15H,11-14H2,1-2H3. The molecule has 7 nitrogen and oxygen atoms in total. The summed E-state index contributed by atoms with van der Waals surface area (Å²) < 4.78 is 27.3. The minimum Gasteiger partial charge on any atom is -0.369 e.